The number of aliphatic hydroxyl groups excluding tert-OH is 1. The largest absolute Gasteiger partial charge is 0.481 e. The van der Waals surface area contributed by atoms with Crippen LogP contribution in [-0.4, -0.2) is 51.8 Å². The third kappa shape index (κ3) is 6.38. The number of carboxylic acids is 1. The second-order valence-corrected chi connectivity index (χ2v) is 6.73. The van der Waals surface area contributed by atoms with Gasteiger partial charge in [0, 0.05) is 0 Å². The Balaban J connectivity index is 2.18. The standard InChI is InChI=1S/C21H25N3O6/c22-18(16(20(27)28)11-14-7-3-1-4-8-14)21(29)30-24(17(13-25)19(23)26)12-15-9-5-2-6-10-15/h1-10,16-18,25H,11-13,22H2,(H2,23,26)(H,27,28)/t16?,17-,18-/m0/s1. The summed E-state index contributed by atoms with van der Waals surface area (Å²) in [6, 6.07) is 14.6. The normalized spacial score (nSPS) is 14.0. The maximum atomic E-state index is 12.6. The molecule has 0 bridgehead atoms. The number of aliphatic hydroxyl groups is 1. The van der Waals surface area contributed by atoms with Crippen LogP contribution in [0.4, 0.5) is 0 Å². The van der Waals surface area contributed by atoms with Crippen LogP contribution in [0.5, 0.6) is 0 Å². The number of carboxylic acid groups (broad SMARTS) is 1. The third-order valence-corrected chi connectivity index (χ3v) is 4.56. The fourth-order valence-corrected chi connectivity index (χ4v) is 2.87. The van der Waals surface area contributed by atoms with Gasteiger partial charge in [-0.1, -0.05) is 60.7 Å². The van der Waals surface area contributed by atoms with Gasteiger partial charge in [0.05, 0.1) is 19.1 Å². The van der Waals surface area contributed by atoms with Crippen LogP contribution in [0.15, 0.2) is 60.7 Å². The molecule has 0 saturated heterocycles. The number of carbonyl (C=O) groups is 3. The number of hydroxylamine groups is 2. The molecule has 9 nitrogen and oxygen atoms in total. The first-order valence-corrected chi connectivity index (χ1v) is 9.28. The Morgan fingerprint density at radius 3 is 1.97 bits per heavy atom. The highest BCUT2D eigenvalue weighted by atomic mass is 16.7. The molecule has 6 N–H and O–H groups in total. The summed E-state index contributed by atoms with van der Waals surface area (Å²) in [5.74, 6) is -4.46. The van der Waals surface area contributed by atoms with Gasteiger partial charge in [0.2, 0.25) is 5.91 Å². The van der Waals surface area contributed by atoms with Gasteiger partial charge in [0.15, 0.2) is 0 Å². The zero-order valence-electron chi connectivity index (χ0n) is 16.3. The van der Waals surface area contributed by atoms with Gasteiger partial charge in [-0.3, -0.25) is 9.59 Å². The maximum absolute atomic E-state index is 12.6. The van der Waals surface area contributed by atoms with Crippen LogP contribution in [0.1, 0.15) is 11.1 Å². The minimum absolute atomic E-state index is 0.0182. The molecular formula is C21H25N3O6. The minimum atomic E-state index is -1.51. The van der Waals surface area contributed by atoms with Gasteiger partial charge in [-0.05, 0) is 17.5 Å². The van der Waals surface area contributed by atoms with E-state index in [0.29, 0.717) is 11.1 Å². The zero-order valence-corrected chi connectivity index (χ0v) is 16.3. The predicted octanol–water partition coefficient (Wildman–Crippen LogP) is 0.0638. The van der Waals surface area contributed by atoms with Crippen molar-refractivity contribution in [3.63, 3.8) is 0 Å². The van der Waals surface area contributed by atoms with Crippen molar-refractivity contribution < 1.29 is 29.4 Å². The molecule has 3 atom stereocenters. The van der Waals surface area contributed by atoms with Crippen LogP contribution in [0.3, 0.4) is 0 Å². The van der Waals surface area contributed by atoms with E-state index in [4.69, 9.17) is 16.3 Å². The number of hydrogen-bond acceptors (Lipinski definition) is 7. The molecule has 0 heterocycles. The number of benzene rings is 2. The highest BCUT2D eigenvalue weighted by Gasteiger charge is 2.35. The van der Waals surface area contributed by atoms with Crippen LogP contribution < -0.4 is 11.5 Å². The third-order valence-electron chi connectivity index (χ3n) is 4.56. The molecule has 0 aliphatic rings. The van der Waals surface area contributed by atoms with Crippen molar-refractivity contribution in [2.24, 2.45) is 17.4 Å². The van der Waals surface area contributed by atoms with Crippen LogP contribution >= 0.6 is 0 Å². The van der Waals surface area contributed by atoms with E-state index in [0.717, 1.165) is 5.06 Å². The number of rotatable bonds is 11. The van der Waals surface area contributed by atoms with Crippen molar-refractivity contribution in [3.8, 4) is 0 Å². The van der Waals surface area contributed by atoms with Crippen LogP contribution in [0.25, 0.3) is 0 Å². The molecule has 30 heavy (non-hydrogen) atoms. The maximum Gasteiger partial charge on any atom is 0.342 e. The Morgan fingerprint density at radius 2 is 1.50 bits per heavy atom. The van der Waals surface area contributed by atoms with Crippen molar-refractivity contribution in [1.82, 2.24) is 5.06 Å². The summed E-state index contributed by atoms with van der Waals surface area (Å²) in [4.78, 5) is 41.3. The van der Waals surface area contributed by atoms with Crippen LogP contribution in [0, 0.1) is 5.92 Å². The summed E-state index contributed by atoms with van der Waals surface area (Å²) in [5, 5.41) is 20.0. The molecule has 2 aromatic carbocycles. The molecule has 0 fully saturated rings. The van der Waals surface area contributed by atoms with E-state index < -0.39 is 42.5 Å². The first kappa shape index (κ1) is 23.0. The molecule has 9 heteroatoms. The highest BCUT2D eigenvalue weighted by Crippen LogP contribution is 2.16. The Hall–Kier alpha value is -3.27. The fraction of sp³-hybridized carbons (Fsp3) is 0.286. The number of nitrogens with zero attached hydrogens (tertiary/aromatic N) is 1. The van der Waals surface area contributed by atoms with Crippen LogP contribution in [0.2, 0.25) is 0 Å². The Morgan fingerprint density at radius 1 is 0.967 bits per heavy atom. The number of hydrogen-bond donors (Lipinski definition) is 4. The van der Waals surface area contributed by atoms with Crippen LogP contribution in [-0.2, 0) is 32.2 Å². The first-order chi connectivity index (χ1) is 14.3. The van der Waals surface area contributed by atoms with Crippen molar-refractivity contribution in [3.05, 3.63) is 71.8 Å². The smallest absolute Gasteiger partial charge is 0.342 e. The average molecular weight is 415 g/mol. The van der Waals surface area contributed by atoms with Gasteiger partial charge in [-0.2, -0.15) is 0 Å². The van der Waals surface area contributed by atoms with Gasteiger partial charge in [0.1, 0.15) is 12.1 Å². The van der Waals surface area contributed by atoms with E-state index in [-0.39, 0.29) is 13.0 Å². The van der Waals surface area contributed by atoms with Crippen molar-refractivity contribution >= 4 is 17.8 Å². The topological polar surface area (TPSA) is 156 Å². The Labute approximate surface area is 173 Å². The molecule has 2 rings (SSSR count). The van der Waals surface area contributed by atoms with Crippen molar-refractivity contribution in [2.45, 2.75) is 25.0 Å². The molecule has 0 aliphatic heterocycles. The van der Waals surface area contributed by atoms with E-state index in [2.05, 4.69) is 0 Å². The average Bonchev–Trinajstić information content (AvgIpc) is 2.73. The number of nitrogens with two attached hydrogens (primary N) is 2. The highest BCUT2D eigenvalue weighted by molar-refractivity contribution is 5.84. The first-order valence-electron chi connectivity index (χ1n) is 9.28. The summed E-state index contributed by atoms with van der Waals surface area (Å²) in [7, 11) is 0. The molecule has 1 amide bonds. The lowest BCUT2D eigenvalue weighted by Gasteiger charge is -2.29. The molecule has 0 aromatic heterocycles. The molecule has 1 unspecified atom stereocenters. The van der Waals surface area contributed by atoms with Gasteiger partial charge >= 0.3 is 11.9 Å². The Bertz CT molecular complexity index is 846. The van der Waals surface area contributed by atoms with Gasteiger partial charge < -0.3 is 26.5 Å². The lowest BCUT2D eigenvalue weighted by molar-refractivity contribution is -0.212. The minimum Gasteiger partial charge on any atom is -0.481 e. The van der Waals surface area contributed by atoms with E-state index in [1.807, 2.05) is 0 Å². The molecule has 0 saturated carbocycles. The van der Waals surface area contributed by atoms with E-state index in [1.54, 1.807) is 60.7 Å². The molecule has 2 aromatic rings. The van der Waals surface area contributed by atoms with Gasteiger partial charge in [-0.25, -0.2) is 4.79 Å². The lowest BCUT2D eigenvalue weighted by Crippen LogP contribution is -2.51. The van der Waals surface area contributed by atoms with E-state index >= 15 is 0 Å². The summed E-state index contributed by atoms with van der Waals surface area (Å²) < 4.78 is 0. The fourth-order valence-electron chi connectivity index (χ4n) is 2.87. The van der Waals surface area contributed by atoms with Gasteiger partial charge in [-0.15, -0.1) is 5.06 Å². The zero-order chi connectivity index (χ0) is 22.1. The van der Waals surface area contributed by atoms with Crippen molar-refractivity contribution in [2.75, 3.05) is 6.61 Å². The van der Waals surface area contributed by atoms with E-state index in [1.165, 1.54) is 0 Å². The lowest BCUT2D eigenvalue weighted by atomic mass is 9.93. The Kier molecular flexibility index (Phi) is 8.48. The molecule has 0 radical (unpaired) electrons. The number of amides is 1. The number of aliphatic carboxylic acids is 1. The molecule has 0 aliphatic carbocycles. The monoisotopic (exact) mass is 415 g/mol. The second kappa shape index (κ2) is 11.1. The molecule has 160 valence electrons. The number of primary amides is 1. The molecule has 0 spiro atoms. The summed E-state index contributed by atoms with van der Waals surface area (Å²) in [5.41, 5.74) is 12.6. The SMILES string of the molecule is NC(=O)[C@H](CO)N(Cc1ccccc1)OC(=O)[C@@H](N)C(Cc1ccccc1)C(=O)O. The summed E-state index contributed by atoms with van der Waals surface area (Å²) in [6.07, 6.45) is 0.0182. The quantitative estimate of drug-likeness (QED) is 0.376. The number of carbonyl (C=O) groups excluding carboxylic acids is 2. The summed E-state index contributed by atoms with van der Waals surface area (Å²) >= 11 is 0. The summed E-state index contributed by atoms with van der Waals surface area (Å²) in [6.45, 7) is -0.749. The van der Waals surface area contributed by atoms with Gasteiger partial charge in [0.25, 0.3) is 0 Å². The molecular weight excluding hydrogens is 390 g/mol. The van der Waals surface area contributed by atoms with Crippen molar-refractivity contribution in [1.29, 1.82) is 0 Å². The van der Waals surface area contributed by atoms with E-state index in [9.17, 15) is 24.6 Å². The predicted molar refractivity (Wildman–Crippen MR) is 107 cm³/mol. The second-order valence-electron chi connectivity index (χ2n) is 6.73.